The van der Waals surface area contributed by atoms with Crippen LogP contribution in [0, 0.1) is 6.92 Å². The largest absolute Gasteiger partial charge is 0.479 e. The van der Waals surface area contributed by atoms with E-state index in [2.05, 4.69) is 0 Å². The topological polar surface area (TPSA) is 104 Å². The van der Waals surface area contributed by atoms with E-state index >= 15 is 0 Å². The van der Waals surface area contributed by atoms with Crippen molar-refractivity contribution in [2.24, 2.45) is 0 Å². The molecule has 1 aromatic rings. The number of rotatable bonds is 3. The molecule has 2 atom stereocenters. The van der Waals surface area contributed by atoms with Gasteiger partial charge in [0.1, 0.15) is 6.10 Å². The maximum absolute atomic E-state index is 10.5. The molecule has 0 radical (unpaired) electrons. The number of aliphatic hydroxyl groups is 2. The second kappa shape index (κ2) is 4.29. The molecule has 0 saturated heterocycles. The Morgan fingerprint density at radius 2 is 2.00 bits per heavy atom. The van der Waals surface area contributed by atoms with Crippen LogP contribution in [-0.2, 0) is 4.79 Å². The average molecular weight is 211 g/mol. The highest BCUT2D eigenvalue weighted by Gasteiger charge is 2.26. The number of hydrogen-bond donors (Lipinski definition) is 4. The Morgan fingerprint density at radius 3 is 2.53 bits per heavy atom. The van der Waals surface area contributed by atoms with E-state index < -0.39 is 18.2 Å². The zero-order valence-corrected chi connectivity index (χ0v) is 8.21. The Bertz CT molecular complexity index is 378. The third-order valence-electron chi connectivity index (χ3n) is 2.29. The number of aliphatic carboxylic acids is 1. The molecule has 1 aromatic carbocycles. The molecule has 2 unspecified atom stereocenters. The molecule has 1 rings (SSSR count). The molecular formula is C10H13NO4. The molecule has 15 heavy (non-hydrogen) atoms. The van der Waals surface area contributed by atoms with Crippen LogP contribution in [-0.4, -0.2) is 27.4 Å². The second-order valence-corrected chi connectivity index (χ2v) is 3.29. The molecular weight excluding hydrogens is 198 g/mol. The number of hydrogen-bond acceptors (Lipinski definition) is 4. The normalized spacial score (nSPS) is 14.6. The van der Waals surface area contributed by atoms with E-state index in [1.165, 1.54) is 6.07 Å². The predicted octanol–water partition coefficient (Wildman–Crippen LogP) is 0.0561. The van der Waals surface area contributed by atoms with Gasteiger partial charge >= 0.3 is 5.97 Å². The first kappa shape index (κ1) is 11.5. The van der Waals surface area contributed by atoms with Crippen LogP contribution in [0.1, 0.15) is 17.2 Å². The number of nitrogen functional groups attached to an aromatic ring is 1. The SMILES string of the molecule is Cc1c(N)cccc1C(O)C(O)C(=O)O. The van der Waals surface area contributed by atoms with Crippen LogP contribution in [0.4, 0.5) is 5.69 Å². The van der Waals surface area contributed by atoms with E-state index in [-0.39, 0.29) is 0 Å². The van der Waals surface area contributed by atoms with Gasteiger partial charge in [0.05, 0.1) is 0 Å². The predicted molar refractivity (Wildman–Crippen MR) is 54.2 cm³/mol. The van der Waals surface area contributed by atoms with E-state index in [1.807, 2.05) is 0 Å². The third-order valence-corrected chi connectivity index (χ3v) is 2.29. The van der Waals surface area contributed by atoms with Crippen molar-refractivity contribution in [3.05, 3.63) is 29.3 Å². The molecule has 0 saturated carbocycles. The van der Waals surface area contributed by atoms with Crippen LogP contribution in [0.3, 0.4) is 0 Å². The second-order valence-electron chi connectivity index (χ2n) is 3.29. The number of nitrogens with two attached hydrogens (primary N) is 1. The average Bonchev–Trinajstić information content (AvgIpc) is 2.20. The minimum Gasteiger partial charge on any atom is -0.479 e. The zero-order chi connectivity index (χ0) is 11.6. The highest BCUT2D eigenvalue weighted by atomic mass is 16.4. The van der Waals surface area contributed by atoms with Gasteiger partial charge in [0.15, 0.2) is 6.10 Å². The summed E-state index contributed by atoms with van der Waals surface area (Å²) in [6.07, 6.45) is -3.31. The smallest absolute Gasteiger partial charge is 0.335 e. The zero-order valence-electron chi connectivity index (χ0n) is 8.21. The van der Waals surface area contributed by atoms with E-state index in [9.17, 15) is 15.0 Å². The highest BCUT2D eigenvalue weighted by molar-refractivity contribution is 5.73. The fourth-order valence-corrected chi connectivity index (χ4v) is 1.30. The third kappa shape index (κ3) is 2.26. The standard InChI is InChI=1S/C10H13NO4/c1-5-6(3-2-4-7(5)11)8(12)9(13)10(14)15/h2-4,8-9,12-13H,11H2,1H3,(H,14,15). The van der Waals surface area contributed by atoms with Crippen molar-refractivity contribution >= 4 is 11.7 Å². The van der Waals surface area contributed by atoms with E-state index in [0.717, 1.165) is 0 Å². The molecule has 0 aliphatic heterocycles. The van der Waals surface area contributed by atoms with Gasteiger partial charge in [-0.05, 0) is 24.1 Å². The van der Waals surface area contributed by atoms with Gasteiger partial charge in [0, 0.05) is 5.69 Å². The minimum atomic E-state index is -1.84. The molecule has 5 nitrogen and oxygen atoms in total. The van der Waals surface area contributed by atoms with Crippen molar-refractivity contribution < 1.29 is 20.1 Å². The molecule has 0 aliphatic carbocycles. The quantitative estimate of drug-likeness (QED) is 0.529. The van der Waals surface area contributed by atoms with Gasteiger partial charge in [-0.2, -0.15) is 0 Å². The van der Waals surface area contributed by atoms with Gasteiger partial charge in [-0.3, -0.25) is 0 Å². The van der Waals surface area contributed by atoms with Crippen molar-refractivity contribution in [1.82, 2.24) is 0 Å². The molecule has 0 spiro atoms. The monoisotopic (exact) mass is 211 g/mol. The summed E-state index contributed by atoms with van der Waals surface area (Å²) < 4.78 is 0. The Kier molecular flexibility index (Phi) is 3.28. The summed E-state index contributed by atoms with van der Waals surface area (Å²) in [5.74, 6) is -1.47. The van der Waals surface area contributed by atoms with E-state index in [1.54, 1.807) is 19.1 Å². The lowest BCUT2D eigenvalue weighted by molar-refractivity contribution is -0.153. The highest BCUT2D eigenvalue weighted by Crippen LogP contribution is 2.24. The number of benzene rings is 1. The molecule has 0 aliphatic rings. The fourth-order valence-electron chi connectivity index (χ4n) is 1.30. The van der Waals surface area contributed by atoms with E-state index in [4.69, 9.17) is 10.8 Å². The van der Waals surface area contributed by atoms with Crippen LogP contribution in [0.15, 0.2) is 18.2 Å². The number of carboxylic acids is 1. The first-order valence-electron chi connectivity index (χ1n) is 4.39. The molecule has 0 heterocycles. The summed E-state index contributed by atoms with van der Waals surface area (Å²) in [7, 11) is 0. The van der Waals surface area contributed by atoms with Crippen LogP contribution < -0.4 is 5.73 Å². The Labute approximate surface area is 86.8 Å². The van der Waals surface area contributed by atoms with Crippen LogP contribution in [0.25, 0.3) is 0 Å². The van der Waals surface area contributed by atoms with Gasteiger partial charge in [-0.1, -0.05) is 12.1 Å². The number of carboxylic acid groups (broad SMARTS) is 1. The van der Waals surface area contributed by atoms with Gasteiger partial charge in [0.25, 0.3) is 0 Å². The number of anilines is 1. The summed E-state index contributed by atoms with van der Waals surface area (Å²) in [5, 5.41) is 27.3. The van der Waals surface area contributed by atoms with Crippen molar-refractivity contribution in [2.45, 2.75) is 19.1 Å². The summed E-state index contributed by atoms with van der Waals surface area (Å²) in [6.45, 7) is 1.66. The molecule has 0 bridgehead atoms. The summed E-state index contributed by atoms with van der Waals surface area (Å²) in [5.41, 5.74) is 6.94. The van der Waals surface area contributed by atoms with Gasteiger partial charge in [0.2, 0.25) is 0 Å². The van der Waals surface area contributed by atoms with Gasteiger partial charge in [-0.25, -0.2) is 4.79 Å². The van der Waals surface area contributed by atoms with Crippen LogP contribution in [0.5, 0.6) is 0 Å². The van der Waals surface area contributed by atoms with Gasteiger partial charge in [-0.15, -0.1) is 0 Å². The number of carbonyl (C=O) groups is 1. The Balaban J connectivity index is 3.06. The Hall–Kier alpha value is -1.59. The van der Waals surface area contributed by atoms with Gasteiger partial charge < -0.3 is 21.1 Å². The maximum Gasteiger partial charge on any atom is 0.335 e. The lowest BCUT2D eigenvalue weighted by atomic mass is 9.98. The van der Waals surface area contributed by atoms with Crippen LogP contribution in [0.2, 0.25) is 0 Å². The minimum absolute atomic E-state index is 0.324. The lowest BCUT2D eigenvalue weighted by Gasteiger charge is -2.17. The first-order chi connectivity index (χ1) is 6.95. The molecule has 0 amide bonds. The molecule has 82 valence electrons. The fraction of sp³-hybridized carbons (Fsp3) is 0.300. The molecule has 5 heteroatoms. The summed E-state index contributed by atoms with van der Waals surface area (Å²) in [6, 6.07) is 4.76. The molecule has 5 N–H and O–H groups in total. The lowest BCUT2D eigenvalue weighted by Crippen LogP contribution is -2.28. The summed E-state index contributed by atoms with van der Waals surface area (Å²) in [4.78, 5) is 10.5. The number of aliphatic hydroxyl groups excluding tert-OH is 2. The maximum atomic E-state index is 10.5. The van der Waals surface area contributed by atoms with E-state index in [0.29, 0.717) is 16.8 Å². The Morgan fingerprint density at radius 1 is 1.40 bits per heavy atom. The first-order valence-corrected chi connectivity index (χ1v) is 4.39. The van der Waals surface area contributed by atoms with Crippen molar-refractivity contribution in [2.75, 3.05) is 5.73 Å². The molecule has 0 aromatic heterocycles. The van der Waals surface area contributed by atoms with Crippen molar-refractivity contribution in [3.8, 4) is 0 Å². The van der Waals surface area contributed by atoms with Crippen molar-refractivity contribution in [3.63, 3.8) is 0 Å². The summed E-state index contributed by atoms with van der Waals surface area (Å²) >= 11 is 0. The van der Waals surface area contributed by atoms with Crippen LogP contribution >= 0.6 is 0 Å². The molecule has 0 fully saturated rings. The van der Waals surface area contributed by atoms with Crippen molar-refractivity contribution in [1.29, 1.82) is 0 Å².